The Balaban J connectivity index is 0.00000180. The monoisotopic (exact) mass is 339 g/mol. The molecule has 116 valence electrons. The number of thiazole rings is 1. The summed E-state index contributed by atoms with van der Waals surface area (Å²) >= 11 is 1.49. The highest BCUT2D eigenvalue weighted by atomic mass is 35.5. The smallest absolute Gasteiger partial charge is 0.266 e. The summed E-state index contributed by atoms with van der Waals surface area (Å²) in [4.78, 5) is 19.7. The van der Waals surface area contributed by atoms with Crippen molar-refractivity contribution in [3.8, 4) is 0 Å². The van der Waals surface area contributed by atoms with E-state index >= 15 is 0 Å². The maximum absolute atomic E-state index is 12.6. The van der Waals surface area contributed by atoms with E-state index in [9.17, 15) is 4.79 Å². The van der Waals surface area contributed by atoms with Gasteiger partial charge in [0.1, 0.15) is 4.88 Å². The third-order valence-corrected chi connectivity index (χ3v) is 4.58. The molecule has 1 saturated heterocycles. The average Bonchev–Trinajstić information content (AvgIpc) is 2.67. The van der Waals surface area contributed by atoms with Crippen LogP contribution in [0, 0.1) is 13.8 Å². The first-order chi connectivity index (χ1) is 8.50. The molecule has 0 aromatic carbocycles. The van der Waals surface area contributed by atoms with Gasteiger partial charge in [-0.05, 0) is 40.0 Å². The third kappa shape index (κ3) is 4.07. The standard InChI is InChI=1S/C13H21N3OS.2ClH/c1-8(14)11-6-4-5-7-16(11)13(17)12-9(2)15-10(3)18-12;;/h8,11H,4-7,14H2,1-3H3;2*1H. The number of hydrogen-bond acceptors (Lipinski definition) is 4. The van der Waals surface area contributed by atoms with Gasteiger partial charge in [0.15, 0.2) is 0 Å². The van der Waals surface area contributed by atoms with Crippen molar-refractivity contribution in [2.75, 3.05) is 6.54 Å². The number of carbonyl (C=O) groups excluding carboxylic acids is 1. The average molecular weight is 340 g/mol. The van der Waals surface area contributed by atoms with E-state index in [0.29, 0.717) is 0 Å². The number of aromatic nitrogens is 1. The van der Waals surface area contributed by atoms with Crippen molar-refractivity contribution >= 4 is 42.1 Å². The zero-order chi connectivity index (χ0) is 13.3. The third-order valence-electron chi connectivity index (χ3n) is 3.51. The van der Waals surface area contributed by atoms with Gasteiger partial charge in [0, 0.05) is 18.6 Å². The van der Waals surface area contributed by atoms with Crippen LogP contribution in [0.2, 0.25) is 0 Å². The topological polar surface area (TPSA) is 59.2 Å². The largest absolute Gasteiger partial charge is 0.333 e. The van der Waals surface area contributed by atoms with Crippen molar-refractivity contribution in [2.24, 2.45) is 5.73 Å². The molecule has 1 aliphatic heterocycles. The first-order valence-electron chi connectivity index (χ1n) is 6.51. The molecule has 4 nitrogen and oxygen atoms in total. The molecule has 0 saturated carbocycles. The zero-order valence-electron chi connectivity index (χ0n) is 12.1. The number of hydrogen-bond donors (Lipinski definition) is 1. The Hall–Kier alpha value is -0.360. The Morgan fingerprint density at radius 2 is 2.05 bits per heavy atom. The Bertz CT molecular complexity index is 451. The number of carbonyl (C=O) groups is 1. The van der Waals surface area contributed by atoms with Crippen LogP contribution in [0.5, 0.6) is 0 Å². The number of nitrogens with two attached hydrogens (primary N) is 1. The number of piperidine rings is 1. The molecule has 2 unspecified atom stereocenters. The fourth-order valence-corrected chi connectivity index (χ4v) is 3.49. The van der Waals surface area contributed by atoms with E-state index in [0.717, 1.165) is 41.4 Å². The SMILES string of the molecule is Cc1nc(C)c(C(=O)N2CCCCC2C(C)N)s1.Cl.Cl. The molecular formula is C13H23Cl2N3OS. The first kappa shape index (κ1) is 19.6. The van der Waals surface area contributed by atoms with Gasteiger partial charge in [-0.25, -0.2) is 4.98 Å². The minimum absolute atomic E-state index is 0. The Kier molecular flexibility index (Phi) is 8.03. The molecule has 0 aliphatic carbocycles. The van der Waals surface area contributed by atoms with E-state index in [1.165, 1.54) is 11.3 Å². The second kappa shape index (κ2) is 8.17. The highest BCUT2D eigenvalue weighted by Crippen LogP contribution is 2.25. The normalized spacial score (nSPS) is 19.8. The summed E-state index contributed by atoms with van der Waals surface area (Å²) < 4.78 is 0. The Morgan fingerprint density at radius 3 is 2.55 bits per heavy atom. The maximum atomic E-state index is 12.6. The summed E-state index contributed by atoms with van der Waals surface area (Å²) in [5.41, 5.74) is 6.85. The molecule has 2 heterocycles. The summed E-state index contributed by atoms with van der Waals surface area (Å²) in [6.07, 6.45) is 3.25. The van der Waals surface area contributed by atoms with E-state index in [-0.39, 0.29) is 42.8 Å². The van der Waals surface area contributed by atoms with Gasteiger partial charge in [0.25, 0.3) is 5.91 Å². The van der Waals surface area contributed by atoms with E-state index in [1.54, 1.807) is 0 Å². The molecule has 0 radical (unpaired) electrons. The molecule has 1 amide bonds. The zero-order valence-corrected chi connectivity index (χ0v) is 14.5. The van der Waals surface area contributed by atoms with Crippen LogP contribution < -0.4 is 5.73 Å². The van der Waals surface area contributed by atoms with Crippen LogP contribution in [0.25, 0.3) is 0 Å². The predicted molar refractivity (Wildman–Crippen MR) is 88.4 cm³/mol. The molecule has 0 spiro atoms. The van der Waals surface area contributed by atoms with Crippen molar-refractivity contribution in [2.45, 2.75) is 52.1 Å². The van der Waals surface area contributed by atoms with Crippen LogP contribution in [0.15, 0.2) is 0 Å². The minimum Gasteiger partial charge on any atom is -0.333 e. The maximum Gasteiger partial charge on any atom is 0.266 e. The van der Waals surface area contributed by atoms with Crippen LogP contribution in [-0.4, -0.2) is 34.4 Å². The van der Waals surface area contributed by atoms with E-state index in [1.807, 2.05) is 25.7 Å². The van der Waals surface area contributed by atoms with Gasteiger partial charge in [-0.3, -0.25) is 4.79 Å². The van der Waals surface area contributed by atoms with Crippen LogP contribution in [-0.2, 0) is 0 Å². The number of amides is 1. The number of aryl methyl sites for hydroxylation is 2. The van der Waals surface area contributed by atoms with Gasteiger partial charge >= 0.3 is 0 Å². The van der Waals surface area contributed by atoms with Gasteiger partial charge < -0.3 is 10.6 Å². The van der Waals surface area contributed by atoms with Gasteiger partial charge in [0.2, 0.25) is 0 Å². The Labute approximate surface area is 137 Å². The quantitative estimate of drug-likeness (QED) is 0.900. The number of rotatable bonds is 2. The fourth-order valence-electron chi connectivity index (χ4n) is 2.62. The van der Waals surface area contributed by atoms with E-state index in [2.05, 4.69) is 4.98 Å². The lowest BCUT2D eigenvalue weighted by molar-refractivity contribution is 0.0588. The molecule has 1 fully saturated rings. The van der Waals surface area contributed by atoms with Gasteiger partial charge in [-0.15, -0.1) is 36.2 Å². The van der Waals surface area contributed by atoms with Crippen molar-refractivity contribution in [1.82, 2.24) is 9.88 Å². The molecule has 2 rings (SSSR count). The van der Waals surface area contributed by atoms with Crippen LogP contribution in [0.4, 0.5) is 0 Å². The van der Waals surface area contributed by atoms with Crippen molar-refractivity contribution in [1.29, 1.82) is 0 Å². The van der Waals surface area contributed by atoms with E-state index < -0.39 is 0 Å². The molecule has 2 N–H and O–H groups in total. The second-order valence-corrected chi connectivity index (χ2v) is 6.27. The lowest BCUT2D eigenvalue weighted by Gasteiger charge is -2.37. The molecule has 1 aromatic rings. The van der Waals surface area contributed by atoms with Crippen LogP contribution >= 0.6 is 36.2 Å². The summed E-state index contributed by atoms with van der Waals surface area (Å²) in [7, 11) is 0. The van der Waals surface area contributed by atoms with Gasteiger partial charge in [-0.2, -0.15) is 0 Å². The molecule has 20 heavy (non-hydrogen) atoms. The van der Waals surface area contributed by atoms with Crippen molar-refractivity contribution in [3.05, 3.63) is 15.6 Å². The highest BCUT2D eigenvalue weighted by molar-refractivity contribution is 7.13. The minimum atomic E-state index is 0. The molecule has 1 aliphatic rings. The number of nitrogens with zero attached hydrogens (tertiary/aromatic N) is 2. The summed E-state index contributed by atoms with van der Waals surface area (Å²) in [6, 6.07) is 0.205. The summed E-state index contributed by atoms with van der Waals surface area (Å²) in [5, 5.41) is 0.949. The highest BCUT2D eigenvalue weighted by Gasteiger charge is 2.31. The van der Waals surface area contributed by atoms with Crippen molar-refractivity contribution in [3.63, 3.8) is 0 Å². The van der Waals surface area contributed by atoms with Crippen LogP contribution in [0.1, 0.15) is 46.6 Å². The summed E-state index contributed by atoms with van der Waals surface area (Å²) in [5.74, 6) is 0.111. The lowest BCUT2D eigenvalue weighted by atomic mass is 9.96. The lowest BCUT2D eigenvalue weighted by Crippen LogP contribution is -2.51. The fraction of sp³-hybridized carbons (Fsp3) is 0.692. The van der Waals surface area contributed by atoms with Crippen LogP contribution in [0.3, 0.4) is 0 Å². The van der Waals surface area contributed by atoms with Gasteiger partial charge in [-0.1, -0.05) is 0 Å². The second-order valence-electron chi connectivity index (χ2n) is 5.07. The molecule has 7 heteroatoms. The van der Waals surface area contributed by atoms with Gasteiger partial charge in [0.05, 0.1) is 10.7 Å². The first-order valence-corrected chi connectivity index (χ1v) is 7.33. The molecule has 2 atom stereocenters. The predicted octanol–water partition coefficient (Wildman–Crippen LogP) is 2.95. The number of likely N-dealkylation sites (tertiary alicyclic amines) is 1. The number of halogens is 2. The molecule has 0 bridgehead atoms. The molecule has 1 aromatic heterocycles. The summed E-state index contributed by atoms with van der Waals surface area (Å²) in [6.45, 7) is 6.65. The molecular weight excluding hydrogens is 317 g/mol. The van der Waals surface area contributed by atoms with Crippen molar-refractivity contribution < 1.29 is 4.79 Å². The Morgan fingerprint density at radius 1 is 1.40 bits per heavy atom. The van der Waals surface area contributed by atoms with E-state index in [4.69, 9.17) is 5.73 Å².